The van der Waals surface area contributed by atoms with E-state index in [1.165, 1.54) is 0 Å². The standard InChI is InChI=1S/C14H24N2O/c1-11(8-13-6-5-7-17-13)16-10-14(3,4)15-9-12(16)2/h5-7,11-12,15H,8-10H2,1-4H3. The minimum absolute atomic E-state index is 0.212. The zero-order chi connectivity index (χ0) is 12.5. The lowest BCUT2D eigenvalue weighted by molar-refractivity contribution is 0.0672. The van der Waals surface area contributed by atoms with Crippen molar-refractivity contribution in [2.75, 3.05) is 13.1 Å². The van der Waals surface area contributed by atoms with E-state index in [0.717, 1.165) is 25.3 Å². The van der Waals surface area contributed by atoms with E-state index in [-0.39, 0.29) is 5.54 Å². The van der Waals surface area contributed by atoms with Crippen molar-refractivity contribution in [2.45, 2.75) is 51.7 Å². The van der Waals surface area contributed by atoms with Gasteiger partial charge >= 0.3 is 0 Å². The zero-order valence-electron chi connectivity index (χ0n) is 11.4. The van der Waals surface area contributed by atoms with Crippen molar-refractivity contribution in [3.05, 3.63) is 24.2 Å². The molecule has 1 N–H and O–H groups in total. The minimum Gasteiger partial charge on any atom is -0.469 e. The molecule has 1 saturated heterocycles. The lowest BCUT2D eigenvalue weighted by Crippen LogP contribution is -2.62. The van der Waals surface area contributed by atoms with Crippen LogP contribution in [-0.4, -0.2) is 35.6 Å². The summed E-state index contributed by atoms with van der Waals surface area (Å²) in [6.07, 6.45) is 2.75. The number of hydrogen-bond acceptors (Lipinski definition) is 3. The minimum atomic E-state index is 0.212. The van der Waals surface area contributed by atoms with Crippen LogP contribution in [-0.2, 0) is 6.42 Å². The Bertz CT molecular complexity index is 345. The van der Waals surface area contributed by atoms with Crippen molar-refractivity contribution in [1.29, 1.82) is 0 Å². The van der Waals surface area contributed by atoms with E-state index in [1.54, 1.807) is 6.26 Å². The van der Waals surface area contributed by atoms with Crippen molar-refractivity contribution < 1.29 is 4.42 Å². The fraction of sp³-hybridized carbons (Fsp3) is 0.714. The molecule has 0 radical (unpaired) electrons. The molecule has 0 bridgehead atoms. The molecule has 3 heteroatoms. The van der Waals surface area contributed by atoms with E-state index < -0.39 is 0 Å². The quantitative estimate of drug-likeness (QED) is 0.873. The number of furan rings is 1. The van der Waals surface area contributed by atoms with Crippen LogP contribution < -0.4 is 5.32 Å². The summed E-state index contributed by atoms with van der Waals surface area (Å²) >= 11 is 0. The molecule has 0 aromatic carbocycles. The van der Waals surface area contributed by atoms with Gasteiger partial charge in [0, 0.05) is 37.1 Å². The van der Waals surface area contributed by atoms with Crippen LogP contribution in [0.4, 0.5) is 0 Å². The normalized spacial score (nSPS) is 26.9. The smallest absolute Gasteiger partial charge is 0.105 e. The summed E-state index contributed by atoms with van der Waals surface area (Å²) in [6, 6.07) is 5.15. The SMILES string of the molecule is CC1CNC(C)(C)CN1C(C)Cc1ccco1. The Morgan fingerprint density at radius 2 is 2.35 bits per heavy atom. The molecule has 1 aliphatic heterocycles. The van der Waals surface area contributed by atoms with Gasteiger partial charge in [-0.25, -0.2) is 0 Å². The Balaban J connectivity index is 1.99. The van der Waals surface area contributed by atoms with Gasteiger partial charge in [-0.05, 0) is 39.8 Å². The van der Waals surface area contributed by atoms with Gasteiger partial charge in [-0.1, -0.05) is 0 Å². The predicted molar refractivity (Wildman–Crippen MR) is 70.1 cm³/mol. The Kier molecular flexibility index (Phi) is 3.59. The monoisotopic (exact) mass is 236 g/mol. The lowest BCUT2D eigenvalue weighted by Gasteiger charge is -2.46. The van der Waals surface area contributed by atoms with Crippen LogP contribution in [0.25, 0.3) is 0 Å². The summed E-state index contributed by atoms with van der Waals surface area (Å²) in [7, 11) is 0. The second-order valence-corrected chi connectivity index (χ2v) is 5.92. The second-order valence-electron chi connectivity index (χ2n) is 5.92. The molecule has 0 aliphatic carbocycles. The Labute approximate surface area is 104 Å². The van der Waals surface area contributed by atoms with E-state index in [9.17, 15) is 0 Å². The van der Waals surface area contributed by atoms with Gasteiger partial charge in [0.15, 0.2) is 0 Å². The molecule has 1 aliphatic rings. The number of hydrogen-bond donors (Lipinski definition) is 1. The fourth-order valence-corrected chi connectivity index (χ4v) is 2.64. The van der Waals surface area contributed by atoms with E-state index in [2.05, 4.69) is 44.0 Å². The van der Waals surface area contributed by atoms with Gasteiger partial charge < -0.3 is 9.73 Å². The molecular formula is C14H24N2O. The molecule has 1 aromatic rings. The summed E-state index contributed by atoms with van der Waals surface area (Å²) in [4.78, 5) is 2.58. The van der Waals surface area contributed by atoms with Gasteiger partial charge in [-0.2, -0.15) is 0 Å². The summed E-state index contributed by atoms with van der Waals surface area (Å²) in [5.41, 5.74) is 0.212. The molecule has 17 heavy (non-hydrogen) atoms. The first kappa shape index (κ1) is 12.7. The molecule has 1 aromatic heterocycles. The van der Waals surface area contributed by atoms with Gasteiger partial charge in [0.1, 0.15) is 5.76 Å². The maximum atomic E-state index is 5.44. The van der Waals surface area contributed by atoms with E-state index in [4.69, 9.17) is 4.42 Å². The molecule has 2 unspecified atom stereocenters. The third-order valence-electron chi connectivity index (χ3n) is 3.66. The van der Waals surface area contributed by atoms with Crippen LogP contribution in [0.5, 0.6) is 0 Å². The van der Waals surface area contributed by atoms with Crippen molar-refractivity contribution in [3.8, 4) is 0 Å². The first-order valence-corrected chi connectivity index (χ1v) is 6.51. The van der Waals surface area contributed by atoms with Crippen LogP contribution in [0.3, 0.4) is 0 Å². The largest absolute Gasteiger partial charge is 0.469 e. The molecule has 2 atom stereocenters. The van der Waals surface area contributed by atoms with E-state index in [0.29, 0.717) is 12.1 Å². The molecule has 0 amide bonds. The molecule has 96 valence electrons. The summed E-state index contributed by atoms with van der Waals surface area (Å²) in [5, 5.41) is 3.59. The van der Waals surface area contributed by atoms with Crippen molar-refractivity contribution in [1.82, 2.24) is 10.2 Å². The Morgan fingerprint density at radius 1 is 1.59 bits per heavy atom. The van der Waals surface area contributed by atoms with Crippen LogP contribution >= 0.6 is 0 Å². The van der Waals surface area contributed by atoms with Gasteiger partial charge in [0.2, 0.25) is 0 Å². The first-order chi connectivity index (χ1) is 7.98. The van der Waals surface area contributed by atoms with Crippen LogP contribution in [0.2, 0.25) is 0 Å². The molecular weight excluding hydrogens is 212 g/mol. The lowest BCUT2D eigenvalue weighted by atomic mass is 9.96. The van der Waals surface area contributed by atoms with Gasteiger partial charge in [-0.15, -0.1) is 0 Å². The highest BCUT2D eigenvalue weighted by Gasteiger charge is 2.32. The highest BCUT2D eigenvalue weighted by molar-refractivity contribution is 5.02. The molecule has 0 spiro atoms. The average Bonchev–Trinajstić information content (AvgIpc) is 2.74. The van der Waals surface area contributed by atoms with Crippen molar-refractivity contribution in [3.63, 3.8) is 0 Å². The molecule has 1 fully saturated rings. The maximum absolute atomic E-state index is 5.44. The number of rotatable bonds is 3. The van der Waals surface area contributed by atoms with Gasteiger partial charge in [0.05, 0.1) is 6.26 Å². The maximum Gasteiger partial charge on any atom is 0.105 e. The highest BCUT2D eigenvalue weighted by atomic mass is 16.3. The Hall–Kier alpha value is -0.800. The summed E-state index contributed by atoms with van der Waals surface area (Å²) < 4.78 is 5.44. The number of nitrogens with one attached hydrogen (secondary N) is 1. The third kappa shape index (κ3) is 3.11. The number of nitrogens with zero attached hydrogens (tertiary/aromatic N) is 1. The van der Waals surface area contributed by atoms with Crippen molar-refractivity contribution >= 4 is 0 Å². The van der Waals surface area contributed by atoms with E-state index >= 15 is 0 Å². The van der Waals surface area contributed by atoms with Gasteiger partial charge in [0.25, 0.3) is 0 Å². The zero-order valence-corrected chi connectivity index (χ0v) is 11.4. The Morgan fingerprint density at radius 3 is 3.00 bits per heavy atom. The fourth-order valence-electron chi connectivity index (χ4n) is 2.64. The molecule has 0 saturated carbocycles. The van der Waals surface area contributed by atoms with E-state index in [1.807, 2.05) is 6.07 Å². The first-order valence-electron chi connectivity index (χ1n) is 6.51. The van der Waals surface area contributed by atoms with Crippen molar-refractivity contribution in [2.24, 2.45) is 0 Å². The van der Waals surface area contributed by atoms with Crippen LogP contribution in [0.15, 0.2) is 22.8 Å². The third-order valence-corrected chi connectivity index (χ3v) is 3.66. The van der Waals surface area contributed by atoms with Gasteiger partial charge in [-0.3, -0.25) is 4.90 Å². The highest BCUT2D eigenvalue weighted by Crippen LogP contribution is 2.19. The summed E-state index contributed by atoms with van der Waals surface area (Å²) in [5.74, 6) is 1.08. The molecule has 2 heterocycles. The van der Waals surface area contributed by atoms with Crippen LogP contribution in [0, 0.1) is 0 Å². The average molecular weight is 236 g/mol. The summed E-state index contributed by atoms with van der Waals surface area (Å²) in [6.45, 7) is 11.3. The molecule has 2 rings (SSSR count). The predicted octanol–water partition coefficient (Wildman–Crippen LogP) is 2.28. The van der Waals surface area contributed by atoms with Crippen LogP contribution in [0.1, 0.15) is 33.5 Å². The topological polar surface area (TPSA) is 28.4 Å². The molecule has 3 nitrogen and oxygen atoms in total. The number of piperazine rings is 1. The second kappa shape index (κ2) is 4.83.